The van der Waals surface area contributed by atoms with Crippen molar-refractivity contribution in [3.8, 4) is 34.1 Å². The highest BCUT2D eigenvalue weighted by molar-refractivity contribution is 7.78. The second-order valence-corrected chi connectivity index (χ2v) is 6.61. The molecule has 4 aromatic carbocycles. The predicted molar refractivity (Wildman–Crippen MR) is 124 cm³/mol. The van der Waals surface area contributed by atoms with Gasteiger partial charge in [-0.3, -0.25) is 0 Å². The van der Waals surface area contributed by atoms with E-state index < -0.39 is 0 Å². The molecule has 136 valence electrons. The first-order valence-electron chi connectivity index (χ1n) is 9.29. The molecule has 0 spiro atoms. The van der Waals surface area contributed by atoms with Gasteiger partial charge in [0.25, 0.3) is 0 Å². The van der Waals surface area contributed by atoms with Gasteiger partial charge in [0.05, 0.1) is 10.8 Å². The van der Waals surface area contributed by atoms with E-state index in [4.69, 9.17) is 12.2 Å². The summed E-state index contributed by atoms with van der Waals surface area (Å²) in [6.07, 6.45) is 0. The average Bonchev–Trinajstić information content (AvgIpc) is 2.79. The fourth-order valence-electron chi connectivity index (χ4n) is 3.29. The molecule has 2 heteroatoms. The molecular formula is C27H17NS. The van der Waals surface area contributed by atoms with Crippen LogP contribution in [0.1, 0.15) is 11.1 Å². The summed E-state index contributed by atoms with van der Waals surface area (Å²) >= 11 is 4.91. The minimum atomic E-state index is 0.787. The highest BCUT2D eigenvalue weighted by Gasteiger charge is 2.14. The Morgan fingerprint density at radius 1 is 0.586 bits per heavy atom. The van der Waals surface area contributed by atoms with Gasteiger partial charge in [-0.15, -0.1) is 0 Å². The third-order valence-corrected chi connectivity index (χ3v) is 4.70. The number of aliphatic imine (C=N–C) groups is 1. The highest BCUT2D eigenvalue weighted by Crippen LogP contribution is 2.40. The normalized spacial score (nSPS) is 9.79. The van der Waals surface area contributed by atoms with Crippen molar-refractivity contribution in [2.24, 2.45) is 4.99 Å². The molecular weight excluding hydrogens is 370 g/mol. The van der Waals surface area contributed by atoms with Crippen molar-refractivity contribution < 1.29 is 0 Å². The molecule has 0 heterocycles. The molecule has 0 aliphatic carbocycles. The number of hydrogen-bond donors (Lipinski definition) is 0. The van der Waals surface area contributed by atoms with E-state index in [9.17, 15) is 0 Å². The summed E-state index contributed by atoms with van der Waals surface area (Å²) in [5.74, 6) is 6.60. The van der Waals surface area contributed by atoms with E-state index in [1.807, 2.05) is 78.9 Å². The summed E-state index contributed by atoms with van der Waals surface area (Å²) in [7, 11) is 0. The molecule has 0 aliphatic heterocycles. The molecule has 0 radical (unpaired) electrons. The average molecular weight is 388 g/mol. The summed E-state index contributed by atoms with van der Waals surface area (Å²) in [6, 6.07) is 34.5. The molecule has 0 saturated carbocycles. The molecule has 0 unspecified atom stereocenters. The molecule has 0 aliphatic rings. The van der Waals surface area contributed by atoms with Crippen LogP contribution in [0, 0.1) is 11.8 Å². The van der Waals surface area contributed by atoms with Gasteiger partial charge in [0.1, 0.15) is 0 Å². The lowest BCUT2D eigenvalue weighted by Crippen LogP contribution is -1.90. The number of rotatable bonds is 3. The molecule has 0 bridgehead atoms. The minimum Gasteiger partial charge on any atom is -0.194 e. The zero-order chi connectivity index (χ0) is 19.9. The molecule has 0 saturated heterocycles. The molecule has 1 nitrogen and oxygen atoms in total. The van der Waals surface area contributed by atoms with Crippen molar-refractivity contribution in [2.45, 2.75) is 0 Å². The molecule has 0 atom stereocenters. The smallest absolute Gasteiger partial charge is 0.0824 e. The van der Waals surface area contributed by atoms with Gasteiger partial charge < -0.3 is 0 Å². The van der Waals surface area contributed by atoms with E-state index in [2.05, 4.69) is 46.3 Å². The maximum absolute atomic E-state index is 4.91. The molecule has 0 aromatic heterocycles. The van der Waals surface area contributed by atoms with Crippen LogP contribution in [0.5, 0.6) is 0 Å². The van der Waals surface area contributed by atoms with Crippen molar-refractivity contribution in [3.05, 3.63) is 114 Å². The first-order chi connectivity index (χ1) is 14.4. The van der Waals surface area contributed by atoms with Gasteiger partial charge >= 0.3 is 0 Å². The van der Waals surface area contributed by atoms with Crippen LogP contribution in [-0.4, -0.2) is 5.16 Å². The third kappa shape index (κ3) is 4.23. The van der Waals surface area contributed by atoms with E-state index >= 15 is 0 Å². The van der Waals surface area contributed by atoms with Crippen LogP contribution >= 0.6 is 12.2 Å². The van der Waals surface area contributed by atoms with Crippen molar-refractivity contribution >= 4 is 23.1 Å². The van der Waals surface area contributed by atoms with Crippen LogP contribution in [0.2, 0.25) is 0 Å². The number of nitrogens with zero attached hydrogens (tertiary/aromatic N) is 1. The van der Waals surface area contributed by atoms with E-state index in [0.29, 0.717) is 0 Å². The monoisotopic (exact) mass is 387 g/mol. The van der Waals surface area contributed by atoms with Crippen molar-refractivity contribution in [1.29, 1.82) is 0 Å². The SMILES string of the molecule is S=C=Nc1cccc(-c2ccccc2)c1-c1ccccc1C#Cc1ccccc1. The van der Waals surface area contributed by atoms with Gasteiger partial charge in [-0.1, -0.05) is 90.7 Å². The third-order valence-electron chi connectivity index (χ3n) is 4.61. The fourth-order valence-corrected chi connectivity index (χ4v) is 3.39. The number of hydrogen-bond acceptors (Lipinski definition) is 2. The molecule has 4 aromatic rings. The minimum absolute atomic E-state index is 0.787. The first kappa shape index (κ1) is 18.6. The summed E-state index contributed by atoms with van der Waals surface area (Å²) in [6.45, 7) is 0. The lowest BCUT2D eigenvalue weighted by molar-refractivity contribution is 1.50. The number of benzene rings is 4. The van der Waals surface area contributed by atoms with Gasteiger partial charge in [-0.25, -0.2) is 0 Å². The van der Waals surface area contributed by atoms with E-state index in [1.54, 1.807) is 0 Å². The second kappa shape index (κ2) is 8.95. The Labute approximate surface area is 176 Å². The largest absolute Gasteiger partial charge is 0.194 e. The molecule has 0 amide bonds. The number of isothiocyanates is 1. The Balaban J connectivity index is 1.94. The zero-order valence-corrected chi connectivity index (χ0v) is 16.5. The van der Waals surface area contributed by atoms with Crippen LogP contribution in [0.25, 0.3) is 22.3 Å². The molecule has 29 heavy (non-hydrogen) atoms. The Bertz CT molecular complexity index is 1240. The van der Waals surface area contributed by atoms with Gasteiger partial charge in [-0.05, 0) is 47.6 Å². The standard InChI is InChI=1S/C27H17NS/c29-20-28-26-17-9-16-25(22-12-5-2-6-13-22)27(26)24-15-8-7-14-23(24)19-18-21-10-3-1-4-11-21/h1-17H. The number of thiocarbonyl (C=S) groups is 1. The Morgan fingerprint density at radius 2 is 1.24 bits per heavy atom. The summed E-state index contributed by atoms with van der Waals surface area (Å²) in [5, 5.41) is 2.52. The molecule has 0 N–H and O–H groups in total. The Kier molecular flexibility index (Phi) is 5.74. The van der Waals surface area contributed by atoms with Gasteiger partial charge in [0.15, 0.2) is 0 Å². The van der Waals surface area contributed by atoms with Gasteiger partial charge in [0, 0.05) is 22.3 Å². The van der Waals surface area contributed by atoms with E-state index in [-0.39, 0.29) is 0 Å². The Morgan fingerprint density at radius 3 is 2.00 bits per heavy atom. The van der Waals surface area contributed by atoms with Gasteiger partial charge in [-0.2, -0.15) is 4.99 Å². The van der Waals surface area contributed by atoms with E-state index in [1.165, 1.54) is 0 Å². The van der Waals surface area contributed by atoms with Crippen LogP contribution in [0.3, 0.4) is 0 Å². The van der Waals surface area contributed by atoms with Crippen molar-refractivity contribution in [3.63, 3.8) is 0 Å². The maximum atomic E-state index is 4.91. The van der Waals surface area contributed by atoms with Crippen LogP contribution < -0.4 is 0 Å². The topological polar surface area (TPSA) is 12.4 Å². The maximum Gasteiger partial charge on any atom is 0.0824 e. The zero-order valence-electron chi connectivity index (χ0n) is 15.7. The van der Waals surface area contributed by atoms with Crippen LogP contribution in [-0.2, 0) is 0 Å². The van der Waals surface area contributed by atoms with Crippen molar-refractivity contribution in [1.82, 2.24) is 0 Å². The Hall–Kier alpha value is -3.76. The lowest BCUT2D eigenvalue weighted by Gasteiger charge is -2.14. The molecule has 4 rings (SSSR count). The summed E-state index contributed by atoms with van der Waals surface area (Å²) < 4.78 is 0. The lowest BCUT2D eigenvalue weighted by atomic mass is 9.90. The van der Waals surface area contributed by atoms with Crippen LogP contribution in [0.15, 0.2) is 108 Å². The summed E-state index contributed by atoms with van der Waals surface area (Å²) in [4.78, 5) is 4.35. The van der Waals surface area contributed by atoms with E-state index in [0.717, 1.165) is 39.1 Å². The second-order valence-electron chi connectivity index (χ2n) is 6.43. The van der Waals surface area contributed by atoms with Crippen LogP contribution in [0.4, 0.5) is 5.69 Å². The quantitative estimate of drug-likeness (QED) is 0.206. The fraction of sp³-hybridized carbons (Fsp3) is 0. The first-order valence-corrected chi connectivity index (χ1v) is 9.70. The highest BCUT2D eigenvalue weighted by atomic mass is 32.1. The predicted octanol–water partition coefficient (Wildman–Crippen LogP) is 7.15. The molecule has 0 fully saturated rings. The van der Waals surface area contributed by atoms with Gasteiger partial charge in [0.2, 0.25) is 0 Å². The van der Waals surface area contributed by atoms with Crippen molar-refractivity contribution in [2.75, 3.05) is 0 Å². The summed E-state index contributed by atoms with van der Waals surface area (Å²) in [5.41, 5.74) is 6.96.